The molecule has 1 fully saturated rings. The smallest absolute Gasteiger partial charge is 0.412 e. The predicted octanol–water partition coefficient (Wildman–Crippen LogP) is 3.73. The van der Waals surface area contributed by atoms with Gasteiger partial charge < -0.3 is 14.3 Å². The summed E-state index contributed by atoms with van der Waals surface area (Å²) in [6.07, 6.45) is 0.520. The molecule has 0 saturated heterocycles. The lowest BCUT2D eigenvalue weighted by Crippen LogP contribution is -2.54. The molecule has 0 aromatic carbocycles. The number of hydrogen-bond donors (Lipinski definition) is 1. The topological polar surface area (TPSA) is 59.0 Å². The van der Waals surface area contributed by atoms with Gasteiger partial charge in [0.05, 0.1) is 6.10 Å². The molecule has 1 N–H and O–H groups in total. The lowest BCUT2D eigenvalue weighted by Gasteiger charge is -2.43. The second kappa shape index (κ2) is 6.49. The van der Waals surface area contributed by atoms with Crippen molar-refractivity contribution in [2.75, 3.05) is 6.73 Å². The molecule has 130 valence electrons. The van der Waals surface area contributed by atoms with Crippen molar-refractivity contribution < 1.29 is 19.1 Å². The van der Waals surface area contributed by atoms with Crippen LogP contribution in [-0.4, -0.2) is 48.9 Å². The molecule has 5 nitrogen and oxygen atoms in total. The monoisotopic (exact) mass is 331 g/mol. The predicted molar refractivity (Wildman–Crippen MR) is 90.3 cm³/mol. The summed E-state index contributed by atoms with van der Waals surface area (Å²) in [4.78, 5) is 14.1. The Morgan fingerprint density at radius 2 is 1.68 bits per heavy atom. The zero-order valence-electron chi connectivity index (χ0n) is 15.4. The van der Waals surface area contributed by atoms with Crippen molar-refractivity contribution in [3.05, 3.63) is 0 Å². The van der Waals surface area contributed by atoms with Crippen molar-refractivity contribution in [2.45, 2.75) is 90.3 Å². The summed E-state index contributed by atoms with van der Waals surface area (Å²) >= 11 is 0. The van der Waals surface area contributed by atoms with Gasteiger partial charge in [0.15, 0.2) is 8.32 Å². The lowest BCUT2D eigenvalue weighted by atomic mass is 9.88. The first kappa shape index (κ1) is 19.5. The average molecular weight is 332 g/mol. The fourth-order valence-corrected chi connectivity index (χ4v) is 2.78. The first-order chi connectivity index (χ1) is 9.73. The van der Waals surface area contributed by atoms with Crippen molar-refractivity contribution in [3.63, 3.8) is 0 Å². The van der Waals surface area contributed by atoms with Crippen LogP contribution in [0.25, 0.3) is 0 Å². The van der Waals surface area contributed by atoms with Crippen molar-refractivity contribution >= 4 is 14.4 Å². The minimum atomic E-state index is -1.94. The molecule has 0 radical (unpaired) electrons. The Bertz CT molecular complexity index is 392. The number of rotatable bonds is 4. The fourth-order valence-electron chi connectivity index (χ4n) is 1.89. The van der Waals surface area contributed by atoms with Gasteiger partial charge in [-0.2, -0.15) is 0 Å². The van der Waals surface area contributed by atoms with E-state index in [4.69, 9.17) is 9.16 Å². The van der Waals surface area contributed by atoms with Crippen LogP contribution in [0.15, 0.2) is 0 Å². The molecule has 0 aromatic rings. The Hall–Kier alpha value is -0.593. The number of ether oxygens (including phenoxy) is 1. The van der Waals surface area contributed by atoms with E-state index in [1.54, 1.807) is 4.90 Å². The first-order valence-electron chi connectivity index (χ1n) is 8.04. The van der Waals surface area contributed by atoms with E-state index in [1.165, 1.54) is 0 Å². The van der Waals surface area contributed by atoms with Crippen molar-refractivity contribution in [3.8, 4) is 0 Å². The summed E-state index contributed by atoms with van der Waals surface area (Å²) in [7, 11) is -1.94. The van der Waals surface area contributed by atoms with E-state index in [9.17, 15) is 9.90 Å². The van der Waals surface area contributed by atoms with E-state index in [0.29, 0.717) is 12.8 Å². The standard InChI is InChI=1S/C16H33NO4Si/c1-15(2,3)21-14(19)17(12-9-13(18)10-12)11-20-22(7,8)16(4,5)6/h12-13,18H,9-11H2,1-8H3. The maximum absolute atomic E-state index is 12.4. The minimum Gasteiger partial charge on any atom is -0.444 e. The molecule has 0 bridgehead atoms. The number of amides is 1. The molecule has 0 heterocycles. The third-order valence-electron chi connectivity index (χ3n) is 4.53. The first-order valence-corrected chi connectivity index (χ1v) is 11.0. The van der Waals surface area contributed by atoms with Crippen LogP contribution in [0.4, 0.5) is 4.79 Å². The molecule has 6 heteroatoms. The summed E-state index contributed by atoms with van der Waals surface area (Å²) in [5.74, 6) is 0. The quantitative estimate of drug-likeness (QED) is 0.630. The number of aliphatic hydroxyl groups is 1. The van der Waals surface area contributed by atoms with Crippen LogP contribution in [0.5, 0.6) is 0 Å². The molecular formula is C16H33NO4Si. The molecule has 0 atom stereocenters. The average Bonchev–Trinajstić information content (AvgIpc) is 2.22. The van der Waals surface area contributed by atoms with Gasteiger partial charge >= 0.3 is 6.09 Å². The molecule has 0 aliphatic heterocycles. The molecule has 1 saturated carbocycles. The lowest BCUT2D eigenvalue weighted by molar-refractivity contribution is -0.0461. The van der Waals surface area contributed by atoms with Crippen LogP contribution >= 0.6 is 0 Å². The number of hydrogen-bond acceptors (Lipinski definition) is 4. The van der Waals surface area contributed by atoms with Crippen LogP contribution < -0.4 is 0 Å². The molecule has 1 aliphatic carbocycles. The Morgan fingerprint density at radius 3 is 2.05 bits per heavy atom. The van der Waals surface area contributed by atoms with E-state index < -0.39 is 13.9 Å². The van der Waals surface area contributed by atoms with Gasteiger partial charge in [-0.15, -0.1) is 0 Å². The Labute approximate surface area is 136 Å². The Kier molecular flexibility index (Phi) is 5.74. The SMILES string of the molecule is CC(C)(C)OC(=O)N(CO[Si](C)(C)C(C)(C)C)C1CC(O)C1. The summed E-state index contributed by atoms with van der Waals surface area (Å²) in [5.41, 5.74) is -0.533. The van der Waals surface area contributed by atoms with Crippen molar-refractivity contribution in [2.24, 2.45) is 0 Å². The summed E-state index contributed by atoms with van der Waals surface area (Å²) in [6, 6.07) is 0.00891. The third kappa shape index (κ3) is 5.24. The largest absolute Gasteiger partial charge is 0.444 e. The van der Waals surface area contributed by atoms with Gasteiger partial charge in [-0.1, -0.05) is 20.8 Å². The third-order valence-corrected chi connectivity index (χ3v) is 8.99. The minimum absolute atomic E-state index is 0.00891. The molecule has 0 aromatic heterocycles. The molecule has 22 heavy (non-hydrogen) atoms. The highest BCUT2D eigenvalue weighted by molar-refractivity contribution is 6.74. The second-order valence-corrected chi connectivity index (χ2v) is 13.6. The Balaban J connectivity index is 2.73. The van der Waals surface area contributed by atoms with E-state index in [2.05, 4.69) is 33.9 Å². The highest BCUT2D eigenvalue weighted by Gasteiger charge is 2.41. The van der Waals surface area contributed by atoms with Crippen LogP contribution in [0, 0.1) is 0 Å². The van der Waals surface area contributed by atoms with Gasteiger partial charge in [0.2, 0.25) is 0 Å². The van der Waals surface area contributed by atoms with Crippen LogP contribution in [0.2, 0.25) is 18.1 Å². The molecule has 0 spiro atoms. The van der Waals surface area contributed by atoms with E-state index in [1.807, 2.05) is 20.8 Å². The van der Waals surface area contributed by atoms with E-state index in [0.717, 1.165) is 0 Å². The molecular weight excluding hydrogens is 298 g/mol. The molecule has 1 aliphatic rings. The van der Waals surface area contributed by atoms with Crippen molar-refractivity contribution in [1.29, 1.82) is 0 Å². The summed E-state index contributed by atoms with van der Waals surface area (Å²) in [5, 5.41) is 9.62. The van der Waals surface area contributed by atoms with E-state index in [-0.39, 0.29) is 30.0 Å². The summed E-state index contributed by atoms with van der Waals surface area (Å²) in [6.45, 7) is 16.6. The van der Waals surface area contributed by atoms with Crippen LogP contribution in [-0.2, 0) is 9.16 Å². The summed E-state index contributed by atoms with van der Waals surface area (Å²) < 4.78 is 11.6. The van der Waals surface area contributed by atoms with Gasteiger partial charge in [-0.3, -0.25) is 4.90 Å². The molecule has 1 amide bonds. The highest BCUT2D eigenvalue weighted by atomic mass is 28.4. The fraction of sp³-hybridized carbons (Fsp3) is 0.938. The maximum atomic E-state index is 12.4. The zero-order valence-corrected chi connectivity index (χ0v) is 16.4. The Morgan fingerprint density at radius 1 is 1.18 bits per heavy atom. The van der Waals surface area contributed by atoms with Crippen LogP contribution in [0.3, 0.4) is 0 Å². The number of carbonyl (C=O) groups is 1. The normalized spacial score (nSPS) is 23.0. The van der Waals surface area contributed by atoms with Gasteiger partial charge in [0.1, 0.15) is 12.3 Å². The van der Waals surface area contributed by atoms with Gasteiger partial charge in [0, 0.05) is 6.04 Å². The van der Waals surface area contributed by atoms with Gasteiger partial charge in [0.25, 0.3) is 0 Å². The van der Waals surface area contributed by atoms with Gasteiger partial charge in [-0.25, -0.2) is 4.79 Å². The van der Waals surface area contributed by atoms with Crippen molar-refractivity contribution in [1.82, 2.24) is 4.90 Å². The molecule has 1 rings (SSSR count). The second-order valence-electron chi connectivity index (χ2n) is 8.76. The van der Waals surface area contributed by atoms with E-state index >= 15 is 0 Å². The van der Waals surface area contributed by atoms with Gasteiger partial charge in [-0.05, 0) is 51.7 Å². The van der Waals surface area contributed by atoms with Crippen LogP contribution in [0.1, 0.15) is 54.4 Å². The molecule has 0 unspecified atom stereocenters. The number of nitrogens with zero attached hydrogens (tertiary/aromatic N) is 1. The maximum Gasteiger partial charge on any atom is 0.412 e. The number of aliphatic hydroxyl groups excluding tert-OH is 1. The highest BCUT2D eigenvalue weighted by Crippen LogP contribution is 2.37. The number of carbonyl (C=O) groups excluding carboxylic acids is 1. The zero-order chi connectivity index (χ0) is 17.3.